The van der Waals surface area contributed by atoms with Crippen LogP contribution in [-0.2, 0) is 14.8 Å². The molecule has 2 aromatic carbocycles. The monoisotopic (exact) mass is 460 g/mol. The van der Waals surface area contributed by atoms with Gasteiger partial charge in [-0.3, -0.25) is 4.79 Å². The van der Waals surface area contributed by atoms with Crippen LogP contribution in [0.1, 0.15) is 54.6 Å². The topological polar surface area (TPSA) is 84.9 Å². The molecule has 0 unspecified atom stereocenters. The van der Waals surface area contributed by atoms with E-state index in [9.17, 15) is 13.2 Å². The number of ether oxygens (including phenoxy) is 2. The predicted molar refractivity (Wildman–Crippen MR) is 123 cm³/mol. The minimum absolute atomic E-state index is 0.0177. The fourth-order valence-corrected chi connectivity index (χ4v) is 5.31. The maximum absolute atomic E-state index is 13.4. The SMILES string of the molecule is COC[C@H](C)NS(=O)(=O)c1ccc(C(=O)N2CCCCC[C@@H]2c2ccc(OC)cc2)cc1. The molecule has 3 rings (SSSR count). The van der Waals surface area contributed by atoms with E-state index in [2.05, 4.69) is 4.72 Å². The van der Waals surface area contributed by atoms with E-state index in [0.717, 1.165) is 37.0 Å². The molecule has 32 heavy (non-hydrogen) atoms. The molecule has 1 amide bonds. The molecule has 0 saturated carbocycles. The van der Waals surface area contributed by atoms with Crippen molar-refractivity contribution in [3.63, 3.8) is 0 Å². The van der Waals surface area contributed by atoms with Crippen molar-refractivity contribution in [2.75, 3.05) is 27.4 Å². The Kier molecular flexibility index (Phi) is 8.28. The van der Waals surface area contributed by atoms with E-state index in [0.29, 0.717) is 12.1 Å². The van der Waals surface area contributed by atoms with Crippen LogP contribution >= 0.6 is 0 Å². The molecule has 0 radical (unpaired) electrons. The van der Waals surface area contributed by atoms with Gasteiger partial charge in [-0.2, -0.15) is 0 Å². The average molecular weight is 461 g/mol. The van der Waals surface area contributed by atoms with Crippen LogP contribution in [0.3, 0.4) is 0 Å². The molecule has 1 fully saturated rings. The zero-order valence-corrected chi connectivity index (χ0v) is 19.7. The second-order valence-corrected chi connectivity index (χ2v) is 9.85. The first-order valence-electron chi connectivity index (χ1n) is 10.9. The van der Waals surface area contributed by atoms with Crippen molar-refractivity contribution in [2.45, 2.75) is 49.6 Å². The zero-order chi connectivity index (χ0) is 23.1. The third-order valence-corrected chi connectivity index (χ3v) is 7.30. The Labute approximate surface area is 190 Å². The van der Waals surface area contributed by atoms with Crippen LogP contribution in [0.2, 0.25) is 0 Å². The van der Waals surface area contributed by atoms with Crippen molar-refractivity contribution < 1.29 is 22.7 Å². The minimum Gasteiger partial charge on any atom is -0.497 e. The first kappa shape index (κ1) is 24.2. The van der Waals surface area contributed by atoms with Gasteiger partial charge in [0.1, 0.15) is 5.75 Å². The van der Waals surface area contributed by atoms with Crippen LogP contribution in [-0.4, -0.2) is 52.6 Å². The number of carbonyl (C=O) groups excluding carboxylic acids is 1. The second-order valence-electron chi connectivity index (χ2n) is 8.14. The van der Waals surface area contributed by atoms with Gasteiger partial charge in [-0.25, -0.2) is 13.1 Å². The summed E-state index contributed by atoms with van der Waals surface area (Å²) < 4.78 is 37.9. The predicted octanol–water partition coefficient (Wildman–Crippen LogP) is 3.77. The lowest BCUT2D eigenvalue weighted by Gasteiger charge is -2.31. The highest BCUT2D eigenvalue weighted by Crippen LogP contribution is 2.32. The number of hydrogen-bond acceptors (Lipinski definition) is 5. The minimum atomic E-state index is -3.68. The molecule has 2 atom stereocenters. The molecule has 1 N–H and O–H groups in total. The van der Waals surface area contributed by atoms with Crippen LogP contribution in [0.25, 0.3) is 0 Å². The maximum atomic E-state index is 13.4. The van der Waals surface area contributed by atoms with Crippen molar-refractivity contribution in [1.29, 1.82) is 0 Å². The number of carbonyl (C=O) groups is 1. The molecule has 1 aliphatic heterocycles. The Morgan fingerprint density at radius 1 is 1.06 bits per heavy atom. The van der Waals surface area contributed by atoms with Gasteiger partial charge in [0, 0.05) is 25.3 Å². The van der Waals surface area contributed by atoms with Crippen LogP contribution in [0, 0.1) is 0 Å². The zero-order valence-electron chi connectivity index (χ0n) is 18.9. The van der Waals surface area contributed by atoms with Gasteiger partial charge < -0.3 is 14.4 Å². The molecule has 174 valence electrons. The molecular weight excluding hydrogens is 428 g/mol. The Hall–Kier alpha value is -2.42. The molecule has 1 heterocycles. The Bertz CT molecular complexity index is 990. The second kappa shape index (κ2) is 10.9. The van der Waals surface area contributed by atoms with E-state index in [1.165, 1.54) is 19.2 Å². The number of amides is 1. The van der Waals surface area contributed by atoms with E-state index in [1.54, 1.807) is 26.2 Å². The Balaban J connectivity index is 1.80. The molecule has 0 bridgehead atoms. The molecule has 0 aromatic heterocycles. The quantitative estimate of drug-likeness (QED) is 0.648. The fourth-order valence-electron chi connectivity index (χ4n) is 4.08. The summed E-state index contributed by atoms with van der Waals surface area (Å²) in [4.78, 5) is 15.4. The number of nitrogens with one attached hydrogen (secondary N) is 1. The largest absolute Gasteiger partial charge is 0.497 e. The Morgan fingerprint density at radius 2 is 1.75 bits per heavy atom. The number of methoxy groups -OCH3 is 2. The summed E-state index contributed by atoms with van der Waals surface area (Å²) >= 11 is 0. The molecule has 1 saturated heterocycles. The van der Waals surface area contributed by atoms with Crippen LogP contribution < -0.4 is 9.46 Å². The number of hydrogen-bond donors (Lipinski definition) is 1. The summed E-state index contributed by atoms with van der Waals surface area (Å²) in [6, 6.07) is 13.6. The van der Waals surface area contributed by atoms with Gasteiger partial charge in [0.25, 0.3) is 5.91 Å². The van der Waals surface area contributed by atoms with Gasteiger partial charge in [-0.15, -0.1) is 0 Å². The molecular formula is C24H32N2O5S. The molecule has 1 aliphatic rings. The average Bonchev–Trinajstić information content (AvgIpc) is 3.05. The fraction of sp³-hybridized carbons (Fsp3) is 0.458. The van der Waals surface area contributed by atoms with Crippen LogP contribution in [0.5, 0.6) is 5.75 Å². The third-order valence-electron chi connectivity index (χ3n) is 5.70. The summed E-state index contributed by atoms with van der Waals surface area (Å²) in [6.07, 6.45) is 3.99. The highest BCUT2D eigenvalue weighted by molar-refractivity contribution is 7.89. The molecule has 0 spiro atoms. The molecule has 8 heteroatoms. The van der Waals surface area contributed by atoms with Gasteiger partial charge in [-0.05, 0) is 61.7 Å². The van der Waals surface area contributed by atoms with Crippen molar-refractivity contribution in [3.05, 3.63) is 59.7 Å². The van der Waals surface area contributed by atoms with Gasteiger partial charge in [0.05, 0.1) is 24.7 Å². The maximum Gasteiger partial charge on any atom is 0.254 e. The summed E-state index contributed by atoms with van der Waals surface area (Å²) in [5.74, 6) is 0.697. The normalized spacial score (nSPS) is 18.1. The van der Waals surface area contributed by atoms with Crippen LogP contribution in [0.4, 0.5) is 0 Å². The van der Waals surface area contributed by atoms with Crippen molar-refractivity contribution in [1.82, 2.24) is 9.62 Å². The van der Waals surface area contributed by atoms with E-state index >= 15 is 0 Å². The van der Waals surface area contributed by atoms with E-state index in [4.69, 9.17) is 9.47 Å². The number of rotatable bonds is 8. The third kappa shape index (κ3) is 5.88. The van der Waals surface area contributed by atoms with Crippen LogP contribution in [0.15, 0.2) is 53.4 Å². The number of benzene rings is 2. The highest BCUT2D eigenvalue weighted by atomic mass is 32.2. The summed E-state index contributed by atoms with van der Waals surface area (Å²) in [5, 5.41) is 0. The first-order chi connectivity index (χ1) is 15.4. The summed E-state index contributed by atoms with van der Waals surface area (Å²) in [7, 11) is -0.528. The van der Waals surface area contributed by atoms with Crippen molar-refractivity contribution in [3.8, 4) is 5.75 Å². The summed E-state index contributed by atoms with van der Waals surface area (Å²) in [6.45, 7) is 2.68. The standard InChI is InChI=1S/C24H32N2O5S/c1-18(17-30-2)25-32(28,29)22-14-10-20(11-15-22)24(27)26-16-6-4-5-7-23(26)19-8-12-21(31-3)13-9-19/h8-15,18,23,25H,4-7,16-17H2,1-3H3/t18-,23+/m0/s1. The van der Waals surface area contributed by atoms with Gasteiger partial charge in [0.2, 0.25) is 10.0 Å². The van der Waals surface area contributed by atoms with Crippen molar-refractivity contribution in [2.24, 2.45) is 0 Å². The molecule has 0 aliphatic carbocycles. The van der Waals surface area contributed by atoms with Crippen molar-refractivity contribution >= 4 is 15.9 Å². The lowest BCUT2D eigenvalue weighted by Crippen LogP contribution is -2.36. The van der Waals surface area contributed by atoms with E-state index in [-0.39, 0.29) is 29.5 Å². The van der Waals surface area contributed by atoms with Gasteiger partial charge >= 0.3 is 0 Å². The smallest absolute Gasteiger partial charge is 0.254 e. The molecule has 7 nitrogen and oxygen atoms in total. The highest BCUT2D eigenvalue weighted by Gasteiger charge is 2.28. The van der Waals surface area contributed by atoms with Gasteiger partial charge in [0.15, 0.2) is 0 Å². The number of sulfonamides is 1. The van der Waals surface area contributed by atoms with E-state index < -0.39 is 10.0 Å². The molecule has 2 aromatic rings. The first-order valence-corrected chi connectivity index (χ1v) is 12.4. The van der Waals surface area contributed by atoms with Gasteiger partial charge in [-0.1, -0.05) is 25.0 Å². The lowest BCUT2D eigenvalue weighted by molar-refractivity contribution is 0.0681. The lowest BCUT2D eigenvalue weighted by atomic mass is 10.00. The number of nitrogens with zero attached hydrogens (tertiary/aromatic N) is 1. The number of likely N-dealkylation sites (tertiary alicyclic amines) is 1. The summed E-state index contributed by atoms with van der Waals surface area (Å²) in [5.41, 5.74) is 1.56. The Morgan fingerprint density at radius 3 is 2.38 bits per heavy atom. The van der Waals surface area contributed by atoms with E-state index in [1.807, 2.05) is 29.2 Å².